The summed E-state index contributed by atoms with van der Waals surface area (Å²) in [5, 5.41) is 0. The van der Waals surface area contributed by atoms with Gasteiger partial charge in [-0.1, -0.05) is 6.07 Å². The Kier molecular flexibility index (Phi) is 3.83. The van der Waals surface area contributed by atoms with Gasteiger partial charge in [-0.2, -0.15) is 13.2 Å². The first-order chi connectivity index (χ1) is 9.47. The summed E-state index contributed by atoms with van der Waals surface area (Å²) < 4.78 is 37.5. The Morgan fingerprint density at radius 3 is 2.50 bits per heavy atom. The number of nitrogens with one attached hydrogen (secondary N) is 2. The average molecular weight is 282 g/mol. The molecule has 20 heavy (non-hydrogen) atoms. The van der Waals surface area contributed by atoms with E-state index in [1.165, 1.54) is 30.9 Å². The molecule has 0 atom stereocenters. The van der Waals surface area contributed by atoms with Gasteiger partial charge in [0.05, 0.1) is 16.8 Å². The maximum absolute atomic E-state index is 12.5. The number of aromatic nitrogens is 2. The Morgan fingerprint density at radius 2 is 1.85 bits per heavy atom. The highest BCUT2D eigenvalue weighted by Gasteiger charge is 2.30. The molecule has 1 aromatic heterocycles. The number of anilines is 1. The van der Waals surface area contributed by atoms with Gasteiger partial charge in [-0.15, -0.1) is 0 Å². The number of hydrazine groups is 1. The molecule has 1 amide bonds. The molecule has 0 spiro atoms. The number of carbonyl (C=O) groups is 1. The number of amides is 1. The maximum atomic E-state index is 12.5. The average Bonchev–Trinajstić information content (AvgIpc) is 2.45. The number of carbonyl (C=O) groups excluding carboxylic acids is 1. The number of rotatable bonds is 3. The van der Waals surface area contributed by atoms with E-state index in [2.05, 4.69) is 20.8 Å². The molecule has 0 aliphatic rings. The fourth-order valence-corrected chi connectivity index (χ4v) is 1.39. The normalized spacial score (nSPS) is 10.9. The second-order valence-electron chi connectivity index (χ2n) is 3.78. The van der Waals surface area contributed by atoms with Crippen LogP contribution in [0.4, 0.5) is 18.9 Å². The van der Waals surface area contributed by atoms with Gasteiger partial charge in [-0.25, -0.2) is 9.97 Å². The minimum Gasteiger partial charge on any atom is -0.298 e. The third-order valence-electron chi connectivity index (χ3n) is 2.33. The van der Waals surface area contributed by atoms with Crippen LogP contribution in [0, 0.1) is 0 Å². The number of alkyl halides is 3. The number of benzene rings is 1. The summed E-state index contributed by atoms with van der Waals surface area (Å²) >= 11 is 0. The Hall–Kier alpha value is -2.64. The molecule has 0 fully saturated rings. The molecule has 0 bridgehead atoms. The summed E-state index contributed by atoms with van der Waals surface area (Å²) in [6, 6.07) is 4.47. The van der Waals surface area contributed by atoms with E-state index in [1.807, 2.05) is 0 Å². The van der Waals surface area contributed by atoms with Crippen LogP contribution in [0.25, 0.3) is 0 Å². The van der Waals surface area contributed by atoms with Crippen molar-refractivity contribution in [2.45, 2.75) is 6.18 Å². The first kappa shape index (κ1) is 13.8. The highest BCUT2D eigenvalue weighted by atomic mass is 19.4. The van der Waals surface area contributed by atoms with E-state index in [1.54, 1.807) is 0 Å². The molecule has 2 aromatic rings. The summed E-state index contributed by atoms with van der Waals surface area (Å²) in [6.07, 6.45) is -0.599. The number of hydrogen-bond donors (Lipinski definition) is 2. The fraction of sp³-hybridized carbons (Fsp3) is 0.0833. The fourth-order valence-electron chi connectivity index (χ4n) is 1.39. The first-order valence-electron chi connectivity index (χ1n) is 5.45. The second-order valence-corrected chi connectivity index (χ2v) is 3.78. The number of nitrogens with zero attached hydrogens (tertiary/aromatic N) is 2. The van der Waals surface area contributed by atoms with E-state index in [-0.39, 0.29) is 11.3 Å². The van der Waals surface area contributed by atoms with Crippen molar-refractivity contribution in [3.8, 4) is 0 Å². The largest absolute Gasteiger partial charge is 0.416 e. The van der Waals surface area contributed by atoms with Crippen molar-refractivity contribution in [3.05, 3.63) is 54.1 Å². The van der Waals surface area contributed by atoms with E-state index >= 15 is 0 Å². The summed E-state index contributed by atoms with van der Waals surface area (Å²) in [4.78, 5) is 18.9. The lowest BCUT2D eigenvalue weighted by atomic mass is 10.2. The lowest BCUT2D eigenvalue weighted by Gasteiger charge is -2.11. The highest BCUT2D eigenvalue weighted by molar-refractivity contribution is 5.94. The molecule has 1 aromatic carbocycles. The molecule has 5 nitrogen and oxygen atoms in total. The number of halogens is 3. The molecular formula is C12H9F3N4O. The van der Waals surface area contributed by atoms with Crippen molar-refractivity contribution >= 4 is 11.6 Å². The van der Waals surface area contributed by atoms with Crippen molar-refractivity contribution in [3.63, 3.8) is 0 Å². The van der Waals surface area contributed by atoms with E-state index in [0.29, 0.717) is 0 Å². The van der Waals surface area contributed by atoms with Crippen LogP contribution in [0.3, 0.4) is 0 Å². The van der Waals surface area contributed by atoms with Crippen molar-refractivity contribution in [2.24, 2.45) is 0 Å². The topological polar surface area (TPSA) is 66.9 Å². The maximum Gasteiger partial charge on any atom is 0.416 e. The minimum atomic E-state index is -4.44. The van der Waals surface area contributed by atoms with Crippen LogP contribution >= 0.6 is 0 Å². The van der Waals surface area contributed by atoms with Crippen molar-refractivity contribution in [1.29, 1.82) is 0 Å². The molecule has 0 aliphatic carbocycles. The zero-order valence-corrected chi connectivity index (χ0v) is 9.98. The van der Waals surface area contributed by atoms with Gasteiger partial charge < -0.3 is 0 Å². The van der Waals surface area contributed by atoms with E-state index in [4.69, 9.17) is 0 Å². The van der Waals surface area contributed by atoms with Gasteiger partial charge in [0.1, 0.15) is 6.33 Å². The van der Waals surface area contributed by atoms with Crippen LogP contribution in [0.1, 0.15) is 15.9 Å². The van der Waals surface area contributed by atoms with Crippen LogP contribution in [-0.4, -0.2) is 15.9 Å². The minimum absolute atomic E-state index is 0.116. The molecule has 0 saturated carbocycles. The zero-order valence-electron chi connectivity index (χ0n) is 9.98. The summed E-state index contributed by atoms with van der Waals surface area (Å²) in [6.45, 7) is 0. The Bertz CT molecular complexity index is 601. The van der Waals surface area contributed by atoms with Gasteiger partial charge in [-0.3, -0.25) is 15.6 Å². The Labute approximate surface area is 111 Å². The standard InChI is InChI=1S/C12H9F3N4O/c13-12(14,15)9-2-1-3-10(4-9)18-19-11(20)8-5-16-7-17-6-8/h1-7,18H,(H,19,20). The molecule has 8 heteroatoms. The third kappa shape index (κ3) is 3.44. The van der Waals surface area contributed by atoms with Gasteiger partial charge >= 0.3 is 6.18 Å². The van der Waals surface area contributed by atoms with Crippen molar-refractivity contribution in [2.75, 3.05) is 5.43 Å². The van der Waals surface area contributed by atoms with Crippen LogP contribution in [-0.2, 0) is 6.18 Å². The summed E-state index contributed by atoms with van der Waals surface area (Å²) in [5.41, 5.74) is 4.15. The third-order valence-corrected chi connectivity index (χ3v) is 2.33. The van der Waals surface area contributed by atoms with E-state index in [0.717, 1.165) is 12.1 Å². The van der Waals surface area contributed by atoms with Crippen LogP contribution < -0.4 is 10.9 Å². The Balaban J connectivity index is 2.03. The highest BCUT2D eigenvalue weighted by Crippen LogP contribution is 2.30. The molecule has 0 saturated heterocycles. The molecule has 0 unspecified atom stereocenters. The second kappa shape index (κ2) is 5.55. The van der Waals surface area contributed by atoms with Crippen LogP contribution in [0.5, 0.6) is 0 Å². The SMILES string of the molecule is O=C(NNc1cccc(C(F)(F)F)c1)c1cncnc1. The predicted molar refractivity (Wildman–Crippen MR) is 64.6 cm³/mol. The van der Waals surface area contributed by atoms with E-state index < -0.39 is 17.6 Å². The molecule has 2 N–H and O–H groups in total. The van der Waals surface area contributed by atoms with Crippen molar-refractivity contribution < 1.29 is 18.0 Å². The van der Waals surface area contributed by atoms with Gasteiger partial charge in [0.15, 0.2) is 0 Å². The van der Waals surface area contributed by atoms with Crippen LogP contribution in [0.2, 0.25) is 0 Å². The van der Waals surface area contributed by atoms with Gasteiger partial charge in [0.2, 0.25) is 0 Å². The lowest BCUT2D eigenvalue weighted by molar-refractivity contribution is -0.137. The number of hydrogen-bond acceptors (Lipinski definition) is 4. The molecule has 1 heterocycles. The van der Waals surface area contributed by atoms with Crippen molar-refractivity contribution in [1.82, 2.24) is 15.4 Å². The van der Waals surface area contributed by atoms with Gasteiger partial charge in [0.25, 0.3) is 5.91 Å². The summed E-state index contributed by atoms with van der Waals surface area (Å²) in [5.74, 6) is -0.553. The summed E-state index contributed by atoms with van der Waals surface area (Å²) in [7, 11) is 0. The monoisotopic (exact) mass is 282 g/mol. The van der Waals surface area contributed by atoms with Gasteiger partial charge in [-0.05, 0) is 18.2 Å². The van der Waals surface area contributed by atoms with E-state index in [9.17, 15) is 18.0 Å². The Morgan fingerprint density at radius 1 is 1.15 bits per heavy atom. The first-order valence-corrected chi connectivity index (χ1v) is 5.45. The molecule has 0 radical (unpaired) electrons. The molecule has 0 aliphatic heterocycles. The molecule has 2 rings (SSSR count). The predicted octanol–water partition coefficient (Wildman–Crippen LogP) is 2.25. The molecular weight excluding hydrogens is 273 g/mol. The van der Waals surface area contributed by atoms with Crippen LogP contribution in [0.15, 0.2) is 43.0 Å². The quantitative estimate of drug-likeness (QED) is 0.847. The molecule has 104 valence electrons. The van der Waals surface area contributed by atoms with Gasteiger partial charge in [0, 0.05) is 12.4 Å². The lowest BCUT2D eigenvalue weighted by Crippen LogP contribution is -2.29. The smallest absolute Gasteiger partial charge is 0.298 e. The zero-order chi connectivity index (χ0) is 14.6.